The number of thioether (sulfide) groups is 1. The summed E-state index contributed by atoms with van der Waals surface area (Å²) in [4.78, 5) is 25.2. The van der Waals surface area contributed by atoms with Gasteiger partial charge in [-0.3, -0.25) is 9.59 Å². The van der Waals surface area contributed by atoms with E-state index in [2.05, 4.69) is 5.32 Å². The van der Waals surface area contributed by atoms with Crippen molar-refractivity contribution in [3.63, 3.8) is 0 Å². The van der Waals surface area contributed by atoms with Crippen LogP contribution in [0.2, 0.25) is 0 Å². The van der Waals surface area contributed by atoms with Gasteiger partial charge in [-0.15, -0.1) is 11.8 Å². The van der Waals surface area contributed by atoms with Crippen LogP contribution >= 0.6 is 11.8 Å². The summed E-state index contributed by atoms with van der Waals surface area (Å²) < 4.78 is 30.9. The summed E-state index contributed by atoms with van der Waals surface area (Å²) in [7, 11) is -0.758. The first-order chi connectivity index (χ1) is 14.0. The minimum atomic E-state index is -3.64. The number of hydrogen-bond donors (Lipinski definition) is 1. The van der Waals surface area contributed by atoms with Crippen molar-refractivity contribution < 1.29 is 22.7 Å². The van der Waals surface area contributed by atoms with E-state index in [-0.39, 0.29) is 10.6 Å². The van der Waals surface area contributed by atoms with Gasteiger partial charge in [0.2, 0.25) is 10.0 Å². The highest BCUT2D eigenvalue weighted by molar-refractivity contribution is 8.00. The van der Waals surface area contributed by atoms with Crippen molar-refractivity contribution in [2.75, 3.05) is 31.8 Å². The number of amides is 1. The smallest absolute Gasteiger partial charge is 0.316 e. The van der Waals surface area contributed by atoms with Crippen LogP contribution in [0.3, 0.4) is 0 Å². The Balaban J connectivity index is 1.92. The predicted octanol–water partition coefficient (Wildman–Crippen LogP) is 3.14. The predicted molar refractivity (Wildman–Crippen MR) is 118 cm³/mol. The fourth-order valence-electron chi connectivity index (χ4n) is 2.54. The number of nitrogens with one attached hydrogen (secondary N) is 1. The summed E-state index contributed by atoms with van der Waals surface area (Å²) in [5.74, 6) is -0.958. The number of benzene rings is 2. The molecule has 0 fully saturated rings. The van der Waals surface area contributed by atoms with E-state index < -0.39 is 28.5 Å². The molecule has 2 aromatic rings. The minimum Gasteiger partial charge on any atom is -0.455 e. The molecule has 0 atom stereocenters. The number of nitrogens with zero attached hydrogens (tertiary/aromatic N) is 1. The molecule has 1 amide bonds. The average molecular weight is 451 g/mol. The van der Waals surface area contributed by atoms with Gasteiger partial charge in [0.05, 0.1) is 10.6 Å². The highest BCUT2D eigenvalue weighted by Gasteiger charge is 2.20. The van der Waals surface area contributed by atoms with Crippen molar-refractivity contribution >= 4 is 39.3 Å². The van der Waals surface area contributed by atoms with Crippen molar-refractivity contribution in [1.29, 1.82) is 0 Å². The van der Waals surface area contributed by atoms with Gasteiger partial charge in [-0.1, -0.05) is 23.8 Å². The van der Waals surface area contributed by atoms with Crippen LogP contribution in [0.25, 0.3) is 0 Å². The Morgan fingerprint density at radius 3 is 2.37 bits per heavy atom. The number of rotatable bonds is 8. The first-order valence-electron chi connectivity index (χ1n) is 9.19. The molecule has 0 aliphatic rings. The molecule has 0 unspecified atom stereocenters. The largest absolute Gasteiger partial charge is 0.455 e. The quantitative estimate of drug-likeness (QED) is 0.491. The monoisotopic (exact) mass is 450 g/mol. The topological polar surface area (TPSA) is 92.8 Å². The fourth-order valence-corrected chi connectivity index (χ4v) is 4.60. The van der Waals surface area contributed by atoms with Crippen LogP contribution in [-0.2, 0) is 24.3 Å². The average Bonchev–Trinajstić information content (AvgIpc) is 2.68. The van der Waals surface area contributed by atoms with E-state index in [1.165, 1.54) is 31.9 Å². The standard InChI is InChI=1S/C21H26N2O5S2/c1-14-6-7-15(2)18(10-14)29-13-21(25)28-12-20(24)22-17-9-8-16(3)19(11-17)30(26,27)23(4)5/h6-11H,12-13H2,1-5H3,(H,22,24). The van der Waals surface area contributed by atoms with Crippen molar-refractivity contribution in [2.24, 2.45) is 0 Å². The van der Waals surface area contributed by atoms with Crippen LogP contribution in [-0.4, -0.2) is 51.1 Å². The third kappa shape index (κ3) is 6.32. The normalized spacial score (nSPS) is 11.4. The van der Waals surface area contributed by atoms with E-state index in [0.29, 0.717) is 11.3 Å². The number of ether oxygens (including phenoxy) is 1. The second kappa shape index (κ2) is 10.1. The van der Waals surface area contributed by atoms with Crippen molar-refractivity contribution in [3.8, 4) is 0 Å². The lowest BCUT2D eigenvalue weighted by molar-refractivity contribution is -0.144. The van der Waals surface area contributed by atoms with Gasteiger partial charge in [-0.25, -0.2) is 12.7 Å². The van der Waals surface area contributed by atoms with Crippen LogP contribution in [0.4, 0.5) is 5.69 Å². The molecule has 0 aromatic heterocycles. The fraction of sp³-hybridized carbons (Fsp3) is 0.333. The summed E-state index contributed by atoms with van der Waals surface area (Å²) in [5, 5.41) is 2.56. The molecular weight excluding hydrogens is 424 g/mol. The zero-order chi connectivity index (χ0) is 22.5. The van der Waals surface area contributed by atoms with E-state index in [0.717, 1.165) is 20.3 Å². The number of sulfonamides is 1. The lowest BCUT2D eigenvalue weighted by Gasteiger charge is -2.15. The highest BCUT2D eigenvalue weighted by atomic mass is 32.2. The number of anilines is 1. The number of carbonyl (C=O) groups excluding carboxylic acids is 2. The van der Waals surface area contributed by atoms with E-state index in [1.54, 1.807) is 19.1 Å². The first kappa shape index (κ1) is 23.9. The van der Waals surface area contributed by atoms with Gasteiger partial charge in [0.15, 0.2) is 6.61 Å². The SMILES string of the molecule is Cc1ccc(C)c(SCC(=O)OCC(=O)Nc2ccc(C)c(S(=O)(=O)N(C)C)c2)c1. The van der Waals surface area contributed by atoms with Crippen LogP contribution in [0.5, 0.6) is 0 Å². The highest BCUT2D eigenvalue weighted by Crippen LogP contribution is 2.24. The van der Waals surface area contributed by atoms with Gasteiger partial charge in [-0.2, -0.15) is 0 Å². The van der Waals surface area contributed by atoms with Crippen molar-refractivity contribution in [3.05, 3.63) is 53.1 Å². The summed E-state index contributed by atoms with van der Waals surface area (Å²) >= 11 is 1.36. The summed E-state index contributed by atoms with van der Waals surface area (Å²) in [6.07, 6.45) is 0. The Labute approximate surface area is 181 Å². The van der Waals surface area contributed by atoms with E-state index >= 15 is 0 Å². The molecule has 0 aliphatic heterocycles. The number of esters is 1. The van der Waals surface area contributed by atoms with Crippen molar-refractivity contribution in [1.82, 2.24) is 4.31 Å². The molecule has 162 valence electrons. The summed E-state index contributed by atoms with van der Waals surface area (Å²) in [6.45, 7) is 5.17. The van der Waals surface area contributed by atoms with Crippen LogP contribution < -0.4 is 5.32 Å². The van der Waals surface area contributed by atoms with Gasteiger partial charge >= 0.3 is 5.97 Å². The third-order valence-corrected chi connectivity index (χ3v) is 7.37. The molecule has 0 bridgehead atoms. The lowest BCUT2D eigenvalue weighted by atomic mass is 10.2. The summed E-state index contributed by atoms with van der Waals surface area (Å²) in [5.41, 5.74) is 3.05. The maximum Gasteiger partial charge on any atom is 0.316 e. The Hall–Kier alpha value is -2.36. The molecule has 0 heterocycles. The minimum absolute atomic E-state index is 0.0906. The molecule has 0 aliphatic carbocycles. The summed E-state index contributed by atoms with van der Waals surface area (Å²) in [6, 6.07) is 10.6. The van der Waals surface area contributed by atoms with E-state index in [9.17, 15) is 18.0 Å². The van der Waals surface area contributed by atoms with E-state index in [4.69, 9.17) is 4.74 Å². The Morgan fingerprint density at radius 1 is 1.03 bits per heavy atom. The van der Waals surface area contributed by atoms with Crippen LogP contribution in [0.15, 0.2) is 46.2 Å². The lowest BCUT2D eigenvalue weighted by Crippen LogP contribution is -2.24. The van der Waals surface area contributed by atoms with Crippen molar-refractivity contribution in [2.45, 2.75) is 30.6 Å². The van der Waals surface area contributed by atoms with Gasteiger partial charge in [0.1, 0.15) is 0 Å². The third-order valence-electron chi connectivity index (χ3n) is 4.28. The second-order valence-electron chi connectivity index (χ2n) is 7.03. The molecule has 0 saturated carbocycles. The molecule has 2 aromatic carbocycles. The number of aryl methyl sites for hydroxylation is 3. The molecule has 9 heteroatoms. The zero-order valence-corrected chi connectivity index (χ0v) is 19.3. The first-order valence-corrected chi connectivity index (χ1v) is 11.6. The molecule has 30 heavy (non-hydrogen) atoms. The Bertz CT molecular complexity index is 1050. The molecule has 0 spiro atoms. The van der Waals surface area contributed by atoms with Crippen LogP contribution in [0.1, 0.15) is 16.7 Å². The maximum absolute atomic E-state index is 12.4. The number of hydrogen-bond acceptors (Lipinski definition) is 6. The van der Waals surface area contributed by atoms with Crippen LogP contribution in [0, 0.1) is 20.8 Å². The molecule has 1 N–H and O–H groups in total. The molecule has 2 rings (SSSR count). The second-order valence-corrected chi connectivity index (χ2v) is 10.2. The van der Waals surface area contributed by atoms with Gasteiger partial charge in [0.25, 0.3) is 5.91 Å². The Kier molecular flexibility index (Phi) is 8.05. The van der Waals surface area contributed by atoms with E-state index in [1.807, 2.05) is 32.0 Å². The van der Waals surface area contributed by atoms with Gasteiger partial charge in [0, 0.05) is 24.7 Å². The van der Waals surface area contributed by atoms with Gasteiger partial charge < -0.3 is 10.1 Å². The molecular formula is C21H26N2O5S2. The Morgan fingerprint density at radius 2 is 1.70 bits per heavy atom. The number of carbonyl (C=O) groups is 2. The molecule has 7 nitrogen and oxygen atoms in total. The molecule has 0 saturated heterocycles. The van der Waals surface area contributed by atoms with Gasteiger partial charge in [-0.05, 0) is 50.1 Å². The molecule has 0 radical (unpaired) electrons. The maximum atomic E-state index is 12.4. The zero-order valence-electron chi connectivity index (χ0n) is 17.7.